The van der Waals surface area contributed by atoms with Crippen LogP contribution in [0.1, 0.15) is 27.9 Å². The molecular weight excluding hydrogens is 360 g/mol. The molecule has 0 spiro atoms. The van der Waals surface area contributed by atoms with Crippen LogP contribution in [-0.2, 0) is 13.2 Å². The van der Waals surface area contributed by atoms with Gasteiger partial charge in [-0.3, -0.25) is 9.78 Å². The minimum atomic E-state index is -0.0879. The Hall–Kier alpha value is -2.86. The van der Waals surface area contributed by atoms with E-state index in [1.807, 2.05) is 48.7 Å². The Morgan fingerprint density at radius 1 is 1.15 bits per heavy atom. The number of methoxy groups -OCH3 is 1. The predicted molar refractivity (Wildman–Crippen MR) is 106 cm³/mol. The number of pyridine rings is 1. The van der Waals surface area contributed by atoms with Crippen LogP contribution in [0.2, 0.25) is 0 Å². The van der Waals surface area contributed by atoms with Gasteiger partial charge in [0.15, 0.2) is 11.5 Å². The van der Waals surface area contributed by atoms with Gasteiger partial charge in [0.2, 0.25) is 0 Å². The van der Waals surface area contributed by atoms with Gasteiger partial charge in [-0.2, -0.15) is 0 Å². The number of thiophene rings is 1. The fourth-order valence-electron chi connectivity index (χ4n) is 2.67. The van der Waals surface area contributed by atoms with Gasteiger partial charge in [0.05, 0.1) is 7.11 Å². The number of aromatic nitrogens is 1. The van der Waals surface area contributed by atoms with Gasteiger partial charge in [-0.25, -0.2) is 0 Å². The first-order valence-corrected chi connectivity index (χ1v) is 9.61. The molecular formula is C21H22N2O3S. The number of hydrogen-bond donors (Lipinski definition) is 0. The van der Waals surface area contributed by atoms with E-state index in [0.29, 0.717) is 36.9 Å². The van der Waals surface area contributed by atoms with Crippen molar-refractivity contribution in [1.29, 1.82) is 0 Å². The zero-order chi connectivity index (χ0) is 19.1. The number of nitrogens with zero attached hydrogens (tertiary/aromatic N) is 2. The van der Waals surface area contributed by atoms with Gasteiger partial charge in [0.25, 0.3) is 5.91 Å². The maximum Gasteiger partial charge on any atom is 0.272 e. The molecule has 1 aromatic carbocycles. The highest BCUT2D eigenvalue weighted by Crippen LogP contribution is 2.30. The lowest BCUT2D eigenvalue weighted by molar-refractivity contribution is 0.0746. The third-order valence-corrected chi connectivity index (χ3v) is 4.95. The smallest absolute Gasteiger partial charge is 0.272 e. The second-order valence-electron chi connectivity index (χ2n) is 5.89. The second kappa shape index (κ2) is 9.19. The standard InChI is InChI=1S/C21H22N2O3S/c1-3-23(21(24)18-8-4-5-11-22-18)14-16-9-10-19(20(13-16)25-2)26-15-17-7-6-12-27-17/h4-13H,3,14-15H2,1-2H3. The van der Waals surface area contributed by atoms with Crippen LogP contribution in [-0.4, -0.2) is 29.4 Å². The van der Waals surface area contributed by atoms with Crippen molar-refractivity contribution in [3.05, 3.63) is 76.2 Å². The zero-order valence-electron chi connectivity index (χ0n) is 15.4. The highest BCUT2D eigenvalue weighted by molar-refractivity contribution is 7.09. The molecule has 0 saturated carbocycles. The molecule has 2 aromatic heterocycles. The van der Waals surface area contributed by atoms with Crippen molar-refractivity contribution in [2.45, 2.75) is 20.1 Å². The second-order valence-corrected chi connectivity index (χ2v) is 6.92. The number of carbonyl (C=O) groups is 1. The van der Waals surface area contributed by atoms with Crippen LogP contribution in [0.15, 0.2) is 60.1 Å². The third kappa shape index (κ3) is 4.86. The topological polar surface area (TPSA) is 51.7 Å². The van der Waals surface area contributed by atoms with Gasteiger partial charge >= 0.3 is 0 Å². The average molecular weight is 382 g/mol. The molecule has 27 heavy (non-hydrogen) atoms. The highest BCUT2D eigenvalue weighted by atomic mass is 32.1. The Bertz CT molecular complexity index is 866. The summed E-state index contributed by atoms with van der Waals surface area (Å²) in [6.07, 6.45) is 1.63. The molecule has 0 radical (unpaired) electrons. The molecule has 0 atom stereocenters. The fourth-order valence-corrected chi connectivity index (χ4v) is 3.29. The zero-order valence-corrected chi connectivity index (χ0v) is 16.2. The molecule has 0 bridgehead atoms. The van der Waals surface area contributed by atoms with E-state index in [9.17, 15) is 4.79 Å². The largest absolute Gasteiger partial charge is 0.493 e. The van der Waals surface area contributed by atoms with Crippen molar-refractivity contribution in [3.8, 4) is 11.5 Å². The minimum Gasteiger partial charge on any atom is -0.493 e. The maximum atomic E-state index is 12.6. The van der Waals surface area contributed by atoms with Crippen LogP contribution in [0.25, 0.3) is 0 Å². The van der Waals surface area contributed by atoms with E-state index in [0.717, 1.165) is 10.4 Å². The summed E-state index contributed by atoms with van der Waals surface area (Å²) < 4.78 is 11.3. The Labute approximate surface area is 163 Å². The SMILES string of the molecule is CCN(Cc1ccc(OCc2cccs2)c(OC)c1)C(=O)c1ccccn1. The number of amides is 1. The quantitative estimate of drug-likeness (QED) is 0.580. The molecule has 6 heteroatoms. The van der Waals surface area contributed by atoms with E-state index < -0.39 is 0 Å². The first kappa shape index (κ1) is 18.9. The van der Waals surface area contributed by atoms with Gasteiger partial charge in [-0.05, 0) is 48.2 Å². The summed E-state index contributed by atoms with van der Waals surface area (Å²) in [5.41, 5.74) is 1.42. The number of carbonyl (C=O) groups excluding carboxylic acids is 1. The summed E-state index contributed by atoms with van der Waals surface area (Å²) >= 11 is 1.66. The van der Waals surface area contributed by atoms with Crippen molar-refractivity contribution in [2.24, 2.45) is 0 Å². The Balaban J connectivity index is 1.71. The van der Waals surface area contributed by atoms with Crippen molar-refractivity contribution >= 4 is 17.2 Å². The molecule has 0 aliphatic rings. The summed E-state index contributed by atoms with van der Waals surface area (Å²) in [4.78, 5) is 19.7. The normalized spacial score (nSPS) is 10.4. The molecule has 140 valence electrons. The Morgan fingerprint density at radius 2 is 2.04 bits per heavy atom. The van der Waals surface area contributed by atoms with Crippen molar-refractivity contribution < 1.29 is 14.3 Å². The number of rotatable bonds is 8. The number of ether oxygens (including phenoxy) is 2. The third-order valence-electron chi connectivity index (χ3n) is 4.10. The lowest BCUT2D eigenvalue weighted by Gasteiger charge is -2.21. The van der Waals surface area contributed by atoms with Crippen LogP contribution < -0.4 is 9.47 Å². The summed E-state index contributed by atoms with van der Waals surface area (Å²) in [6.45, 7) is 3.53. The first-order valence-electron chi connectivity index (χ1n) is 8.73. The summed E-state index contributed by atoms with van der Waals surface area (Å²) in [7, 11) is 1.62. The summed E-state index contributed by atoms with van der Waals surface area (Å²) in [6, 6.07) is 15.1. The molecule has 3 rings (SSSR count). The monoisotopic (exact) mass is 382 g/mol. The first-order chi connectivity index (χ1) is 13.2. The van der Waals surface area contributed by atoms with Gasteiger partial charge < -0.3 is 14.4 Å². The fraction of sp³-hybridized carbons (Fsp3) is 0.238. The van der Waals surface area contributed by atoms with Crippen molar-refractivity contribution in [3.63, 3.8) is 0 Å². The molecule has 1 amide bonds. The lowest BCUT2D eigenvalue weighted by Crippen LogP contribution is -2.30. The van der Waals surface area contributed by atoms with Crippen LogP contribution in [0.5, 0.6) is 11.5 Å². The van der Waals surface area contributed by atoms with Crippen molar-refractivity contribution in [1.82, 2.24) is 9.88 Å². The van der Waals surface area contributed by atoms with Gasteiger partial charge in [-0.15, -0.1) is 11.3 Å². The minimum absolute atomic E-state index is 0.0879. The highest BCUT2D eigenvalue weighted by Gasteiger charge is 2.16. The van der Waals surface area contributed by atoms with E-state index in [1.165, 1.54) is 0 Å². The molecule has 0 aliphatic carbocycles. The van der Waals surface area contributed by atoms with Crippen LogP contribution in [0.3, 0.4) is 0 Å². The lowest BCUT2D eigenvalue weighted by atomic mass is 10.1. The van der Waals surface area contributed by atoms with E-state index >= 15 is 0 Å². The molecule has 2 heterocycles. The maximum absolute atomic E-state index is 12.6. The Kier molecular flexibility index (Phi) is 6.44. The Morgan fingerprint density at radius 3 is 2.70 bits per heavy atom. The summed E-state index contributed by atoms with van der Waals surface area (Å²) in [5.74, 6) is 1.26. The molecule has 0 N–H and O–H groups in total. The number of benzene rings is 1. The number of hydrogen-bond acceptors (Lipinski definition) is 5. The molecule has 0 aliphatic heterocycles. The molecule has 3 aromatic rings. The molecule has 5 nitrogen and oxygen atoms in total. The van der Waals surface area contributed by atoms with E-state index in [-0.39, 0.29) is 5.91 Å². The predicted octanol–water partition coefficient (Wildman–Crippen LogP) is 4.39. The molecule has 0 fully saturated rings. The summed E-state index contributed by atoms with van der Waals surface area (Å²) in [5, 5.41) is 2.02. The molecule has 0 saturated heterocycles. The van der Waals surface area contributed by atoms with Gasteiger partial charge in [-0.1, -0.05) is 18.2 Å². The van der Waals surface area contributed by atoms with E-state index in [2.05, 4.69) is 4.98 Å². The van der Waals surface area contributed by atoms with Gasteiger partial charge in [0, 0.05) is 24.2 Å². The van der Waals surface area contributed by atoms with E-state index in [1.54, 1.807) is 41.7 Å². The molecule has 0 unspecified atom stereocenters. The van der Waals surface area contributed by atoms with Gasteiger partial charge in [0.1, 0.15) is 12.3 Å². The average Bonchev–Trinajstić information content (AvgIpc) is 3.24. The van der Waals surface area contributed by atoms with Crippen molar-refractivity contribution in [2.75, 3.05) is 13.7 Å². The van der Waals surface area contributed by atoms with Crippen LogP contribution >= 0.6 is 11.3 Å². The van der Waals surface area contributed by atoms with E-state index in [4.69, 9.17) is 9.47 Å². The van der Waals surface area contributed by atoms with Crippen LogP contribution in [0.4, 0.5) is 0 Å². The van der Waals surface area contributed by atoms with Crippen LogP contribution in [0, 0.1) is 0 Å².